The third kappa shape index (κ3) is 3.07. The molecule has 3 heterocycles. The maximum Gasteiger partial charge on any atom is 0.152 e. The maximum absolute atomic E-state index is 9.67. The number of nitrogens with two attached hydrogens (primary N) is 1. The summed E-state index contributed by atoms with van der Waals surface area (Å²) in [6, 6.07) is 6.10. The Morgan fingerprint density at radius 1 is 1.48 bits per heavy atom. The van der Waals surface area contributed by atoms with Crippen molar-refractivity contribution in [3.63, 3.8) is 0 Å². The smallest absolute Gasteiger partial charge is 0.152 e. The molecule has 2 aromatic heterocycles. The van der Waals surface area contributed by atoms with Crippen LogP contribution in [0.3, 0.4) is 0 Å². The molecule has 1 aliphatic heterocycles. The molecule has 1 aliphatic rings. The van der Waals surface area contributed by atoms with Gasteiger partial charge in [0.15, 0.2) is 5.76 Å². The lowest BCUT2D eigenvalue weighted by Gasteiger charge is -2.32. The van der Waals surface area contributed by atoms with Gasteiger partial charge >= 0.3 is 0 Å². The fourth-order valence-electron chi connectivity index (χ4n) is 2.82. The fraction of sp³-hybridized carbons (Fsp3) is 0.412. The van der Waals surface area contributed by atoms with Gasteiger partial charge in [-0.05, 0) is 29.7 Å². The Hall–Kier alpha value is -1.97. The van der Waals surface area contributed by atoms with Crippen LogP contribution in [-0.4, -0.2) is 22.8 Å². The van der Waals surface area contributed by atoms with Gasteiger partial charge in [-0.2, -0.15) is 17.0 Å². The quantitative estimate of drug-likeness (QED) is 0.896. The van der Waals surface area contributed by atoms with Crippen molar-refractivity contribution in [2.45, 2.75) is 30.8 Å². The van der Waals surface area contributed by atoms with E-state index in [0.29, 0.717) is 24.5 Å². The number of thioether (sulfide) groups is 1. The molecule has 0 aromatic carbocycles. The van der Waals surface area contributed by atoms with Crippen LogP contribution in [0.25, 0.3) is 11.5 Å². The van der Waals surface area contributed by atoms with Gasteiger partial charge in [0.05, 0.1) is 11.8 Å². The molecule has 0 bridgehead atoms. The zero-order valence-electron chi connectivity index (χ0n) is 13.3. The number of fused-ring (bicyclic) bond motifs is 1. The van der Waals surface area contributed by atoms with E-state index >= 15 is 0 Å². The zero-order chi connectivity index (χ0) is 16.4. The third-order valence-electron chi connectivity index (χ3n) is 3.93. The first-order chi connectivity index (χ1) is 11.1. The highest BCUT2D eigenvalue weighted by Crippen LogP contribution is 2.43. The molecule has 2 aromatic rings. The van der Waals surface area contributed by atoms with E-state index in [1.165, 1.54) is 0 Å². The summed E-state index contributed by atoms with van der Waals surface area (Å²) in [5.41, 5.74) is 9.24. The van der Waals surface area contributed by atoms with Gasteiger partial charge < -0.3 is 15.5 Å². The number of hydrogen-bond donors (Lipinski definition) is 2. The molecule has 0 fully saturated rings. The average Bonchev–Trinajstić information content (AvgIpc) is 3.05. The molecule has 5 nitrogen and oxygen atoms in total. The van der Waals surface area contributed by atoms with E-state index in [1.54, 1.807) is 6.26 Å². The van der Waals surface area contributed by atoms with Crippen LogP contribution >= 0.6 is 11.8 Å². The van der Waals surface area contributed by atoms with Crippen LogP contribution in [0.1, 0.15) is 30.5 Å². The summed E-state index contributed by atoms with van der Waals surface area (Å²) in [4.78, 5) is 4.69. The average molecular weight is 328 g/mol. The van der Waals surface area contributed by atoms with Gasteiger partial charge in [-0.25, -0.2) is 4.98 Å². The lowest BCUT2D eigenvalue weighted by atomic mass is 9.92. The largest absolute Gasteiger partial charge is 0.463 e. The van der Waals surface area contributed by atoms with E-state index < -0.39 is 0 Å². The Kier molecular flexibility index (Phi) is 4.33. The number of pyridine rings is 1. The van der Waals surface area contributed by atoms with E-state index in [0.717, 1.165) is 34.8 Å². The molecule has 0 unspecified atom stereocenters. The highest BCUT2D eigenvalue weighted by atomic mass is 32.2. The summed E-state index contributed by atoms with van der Waals surface area (Å²) in [6.45, 7) is 5.49. The van der Waals surface area contributed by atoms with E-state index in [4.69, 9.17) is 10.2 Å². The summed E-state index contributed by atoms with van der Waals surface area (Å²) in [6.07, 6.45) is 2.48. The predicted molar refractivity (Wildman–Crippen MR) is 93.3 cm³/mol. The van der Waals surface area contributed by atoms with Crippen molar-refractivity contribution < 1.29 is 4.42 Å². The van der Waals surface area contributed by atoms with Gasteiger partial charge in [-0.15, -0.1) is 0 Å². The van der Waals surface area contributed by atoms with Gasteiger partial charge in [0.1, 0.15) is 17.6 Å². The molecule has 0 aliphatic carbocycles. The van der Waals surface area contributed by atoms with Crippen LogP contribution in [0.15, 0.2) is 22.8 Å². The molecule has 0 saturated carbocycles. The SMILES string of the molecule is CC1(C)Cc2c(C#N)c(NCCN)nc(-c3ccco3)c2CS1. The molecule has 0 atom stereocenters. The molecule has 0 spiro atoms. The van der Waals surface area contributed by atoms with Gasteiger partial charge in [-0.1, -0.05) is 13.8 Å². The normalized spacial score (nSPS) is 15.7. The minimum absolute atomic E-state index is 0.103. The topological polar surface area (TPSA) is 87.9 Å². The van der Waals surface area contributed by atoms with Crippen molar-refractivity contribution in [3.8, 4) is 17.5 Å². The van der Waals surface area contributed by atoms with E-state index in [1.807, 2.05) is 23.9 Å². The molecule has 6 heteroatoms. The van der Waals surface area contributed by atoms with Crippen LogP contribution in [0.2, 0.25) is 0 Å². The van der Waals surface area contributed by atoms with Crippen LogP contribution in [0, 0.1) is 11.3 Å². The number of anilines is 1. The number of furan rings is 1. The minimum atomic E-state index is 0.103. The first-order valence-corrected chi connectivity index (χ1v) is 8.62. The van der Waals surface area contributed by atoms with Crippen LogP contribution in [-0.2, 0) is 12.2 Å². The van der Waals surface area contributed by atoms with Gasteiger partial charge in [0, 0.05) is 23.6 Å². The van der Waals surface area contributed by atoms with Gasteiger partial charge in [-0.3, -0.25) is 0 Å². The number of rotatable bonds is 4. The second kappa shape index (κ2) is 6.26. The van der Waals surface area contributed by atoms with Crippen LogP contribution < -0.4 is 11.1 Å². The molecule has 0 amide bonds. The second-order valence-corrected chi connectivity index (χ2v) is 7.85. The monoisotopic (exact) mass is 328 g/mol. The Labute approximate surface area is 140 Å². The highest BCUT2D eigenvalue weighted by Gasteiger charge is 2.32. The molecular weight excluding hydrogens is 308 g/mol. The molecule has 0 radical (unpaired) electrons. The van der Waals surface area contributed by atoms with Crippen molar-refractivity contribution in [2.24, 2.45) is 5.73 Å². The molecule has 3 N–H and O–H groups in total. The standard InChI is InChI=1S/C17H20N4OS/c1-17(2)8-11-12(9-19)16(20-6-5-18)21-15(13(11)10-23-17)14-4-3-7-22-14/h3-4,7H,5-6,8,10,18H2,1-2H3,(H,20,21). The Morgan fingerprint density at radius 2 is 2.30 bits per heavy atom. The number of nitrogens with zero attached hydrogens (tertiary/aromatic N) is 2. The van der Waals surface area contributed by atoms with E-state index in [9.17, 15) is 5.26 Å². The first kappa shape index (κ1) is 15.9. The van der Waals surface area contributed by atoms with Crippen molar-refractivity contribution in [2.75, 3.05) is 18.4 Å². The predicted octanol–water partition coefficient (Wildman–Crippen LogP) is 3.15. The molecular formula is C17H20N4OS. The lowest BCUT2D eigenvalue weighted by Crippen LogP contribution is -2.26. The second-order valence-electron chi connectivity index (χ2n) is 6.17. The van der Waals surface area contributed by atoms with Gasteiger partial charge in [0.25, 0.3) is 0 Å². The fourth-order valence-corrected chi connectivity index (χ4v) is 3.92. The molecule has 0 saturated heterocycles. The van der Waals surface area contributed by atoms with Crippen molar-refractivity contribution >= 4 is 17.6 Å². The molecule has 3 rings (SSSR count). The van der Waals surface area contributed by atoms with Crippen molar-refractivity contribution in [1.82, 2.24) is 4.98 Å². The Bertz CT molecular complexity index is 747. The summed E-state index contributed by atoms with van der Waals surface area (Å²) < 4.78 is 5.67. The Balaban J connectivity index is 2.20. The van der Waals surface area contributed by atoms with E-state index in [2.05, 4.69) is 30.2 Å². The molecule has 120 valence electrons. The summed E-state index contributed by atoms with van der Waals surface area (Å²) in [7, 11) is 0. The zero-order valence-corrected chi connectivity index (χ0v) is 14.2. The maximum atomic E-state index is 9.67. The number of hydrogen-bond acceptors (Lipinski definition) is 6. The van der Waals surface area contributed by atoms with E-state index in [-0.39, 0.29) is 4.75 Å². The van der Waals surface area contributed by atoms with Crippen LogP contribution in [0.5, 0.6) is 0 Å². The highest BCUT2D eigenvalue weighted by molar-refractivity contribution is 7.99. The summed E-state index contributed by atoms with van der Waals surface area (Å²) in [5.74, 6) is 2.17. The third-order valence-corrected chi connectivity index (χ3v) is 5.28. The number of aromatic nitrogens is 1. The van der Waals surface area contributed by atoms with Crippen molar-refractivity contribution in [1.29, 1.82) is 5.26 Å². The summed E-state index contributed by atoms with van der Waals surface area (Å²) in [5, 5.41) is 12.9. The van der Waals surface area contributed by atoms with Crippen LogP contribution in [0.4, 0.5) is 5.82 Å². The first-order valence-electron chi connectivity index (χ1n) is 7.63. The number of nitriles is 1. The van der Waals surface area contributed by atoms with Gasteiger partial charge in [0.2, 0.25) is 0 Å². The number of nitrogens with one attached hydrogen (secondary N) is 1. The summed E-state index contributed by atoms with van der Waals surface area (Å²) >= 11 is 1.89. The lowest BCUT2D eigenvalue weighted by molar-refractivity contribution is 0.578. The minimum Gasteiger partial charge on any atom is -0.463 e. The Morgan fingerprint density at radius 3 is 2.96 bits per heavy atom. The molecule has 23 heavy (non-hydrogen) atoms. The van der Waals surface area contributed by atoms with Crippen molar-refractivity contribution in [3.05, 3.63) is 35.1 Å².